The maximum atomic E-state index is 15.9. The Bertz CT molecular complexity index is 1980. The molecule has 4 heterocycles. The zero-order valence-corrected chi connectivity index (χ0v) is 42.0. The zero-order valence-electron chi connectivity index (χ0n) is 41.2. The number of pyridine rings is 1. The second-order valence-corrected chi connectivity index (χ2v) is 21.5. The van der Waals surface area contributed by atoms with Gasteiger partial charge in [0.15, 0.2) is 11.6 Å². The number of rotatable bonds is 29. The van der Waals surface area contributed by atoms with Gasteiger partial charge in [0.25, 0.3) is 0 Å². The first-order chi connectivity index (χ1) is 32.2. The van der Waals surface area contributed by atoms with Gasteiger partial charge in [-0.15, -0.1) is 0 Å². The monoisotopic (exact) mass is 938 g/mol. The van der Waals surface area contributed by atoms with Gasteiger partial charge in [0.05, 0.1) is 24.9 Å². The van der Waals surface area contributed by atoms with Gasteiger partial charge in [-0.25, -0.2) is 12.8 Å². The van der Waals surface area contributed by atoms with Crippen molar-refractivity contribution in [2.24, 2.45) is 0 Å². The number of aromatic nitrogens is 1. The van der Waals surface area contributed by atoms with Gasteiger partial charge in [-0.1, -0.05) is 136 Å². The number of fused-ring (bicyclic) bond motifs is 1. The fraction of sp³-hybridized carbons (Fsp3) is 0.722. The first kappa shape index (κ1) is 52.3. The van der Waals surface area contributed by atoms with E-state index in [1.54, 1.807) is 25.3 Å². The molecular formula is C54H85F2N5O4S. The molecule has 66 heavy (non-hydrogen) atoms. The predicted octanol–water partition coefficient (Wildman–Crippen LogP) is 12.6. The second-order valence-electron chi connectivity index (χ2n) is 19.6. The minimum absolute atomic E-state index is 0.138. The van der Waals surface area contributed by atoms with Crippen molar-refractivity contribution in [1.82, 2.24) is 19.7 Å². The van der Waals surface area contributed by atoms with Crippen molar-refractivity contribution in [2.45, 2.75) is 190 Å². The van der Waals surface area contributed by atoms with Crippen LogP contribution >= 0.6 is 0 Å². The Kier molecular flexibility index (Phi) is 22.0. The number of hydrogen-bond acceptors (Lipinski definition) is 9. The first-order valence-electron chi connectivity index (χ1n) is 26.5. The summed E-state index contributed by atoms with van der Waals surface area (Å²) >= 11 is 0. The average Bonchev–Trinajstić information content (AvgIpc) is 3.35. The van der Waals surface area contributed by atoms with Gasteiger partial charge in [0, 0.05) is 62.9 Å². The number of unbranched alkanes of at least 4 members (excludes halogenated alkanes) is 19. The molecule has 12 heteroatoms. The van der Waals surface area contributed by atoms with E-state index >= 15 is 8.78 Å². The van der Waals surface area contributed by atoms with E-state index in [9.17, 15) is 8.42 Å². The summed E-state index contributed by atoms with van der Waals surface area (Å²) in [6.07, 6.45) is 31.3. The molecule has 3 saturated heterocycles. The second kappa shape index (κ2) is 27.8. The van der Waals surface area contributed by atoms with Crippen molar-refractivity contribution in [3.8, 4) is 11.5 Å². The van der Waals surface area contributed by atoms with Gasteiger partial charge in [-0.2, -0.15) is 4.39 Å². The van der Waals surface area contributed by atoms with Gasteiger partial charge in [-0.3, -0.25) is 14.8 Å². The molecule has 2 aromatic carbocycles. The number of likely N-dealkylation sites (tertiary alicyclic amines) is 1. The van der Waals surface area contributed by atoms with Crippen molar-refractivity contribution >= 4 is 26.4 Å². The minimum atomic E-state index is -4.55. The molecular weight excluding hydrogens is 853 g/mol. The molecule has 0 atom stereocenters. The smallest absolute Gasteiger partial charge is 0.213 e. The van der Waals surface area contributed by atoms with Crippen LogP contribution in [-0.2, 0) is 9.84 Å². The van der Waals surface area contributed by atoms with E-state index in [0.717, 1.165) is 70.9 Å². The van der Waals surface area contributed by atoms with E-state index in [1.165, 1.54) is 147 Å². The lowest BCUT2D eigenvalue weighted by Crippen LogP contribution is -2.56. The van der Waals surface area contributed by atoms with Crippen LogP contribution in [0.4, 0.5) is 14.5 Å². The Labute approximate surface area is 398 Å². The molecule has 3 aliphatic rings. The molecule has 370 valence electrons. The van der Waals surface area contributed by atoms with Gasteiger partial charge < -0.3 is 19.3 Å². The summed E-state index contributed by atoms with van der Waals surface area (Å²) in [5.41, 5.74) is 1.06. The molecule has 3 aromatic rings. The molecule has 1 aromatic heterocycles. The molecule has 3 fully saturated rings. The summed E-state index contributed by atoms with van der Waals surface area (Å²) in [4.78, 5) is 13.6. The number of halogens is 2. The van der Waals surface area contributed by atoms with Crippen LogP contribution in [0.5, 0.6) is 11.5 Å². The molecule has 0 aliphatic carbocycles. The van der Waals surface area contributed by atoms with Gasteiger partial charge in [0.2, 0.25) is 15.7 Å². The average molecular weight is 938 g/mol. The molecule has 0 N–H and O–H groups in total. The number of nitrogens with zero attached hydrogens (tertiary/aromatic N) is 5. The van der Waals surface area contributed by atoms with Gasteiger partial charge >= 0.3 is 0 Å². The maximum Gasteiger partial charge on any atom is 0.213 e. The van der Waals surface area contributed by atoms with Crippen molar-refractivity contribution in [2.75, 3.05) is 77.5 Å². The highest BCUT2D eigenvalue weighted by atomic mass is 32.2. The Morgan fingerprint density at radius 1 is 0.606 bits per heavy atom. The number of anilines is 1. The summed E-state index contributed by atoms with van der Waals surface area (Å²) in [5, 5.41) is 0.604. The number of ether oxygens (including phenoxy) is 2. The van der Waals surface area contributed by atoms with Crippen molar-refractivity contribution in [3.63, 3.8) is 0 Å². The number of benzene rings is 2. The summed E-state index contributed by atoms with van der Waals surface area (Å²) in [5.74, 6) is -2.42. The highest BCUT2D eigenvalue weighted by Crippen LogP contribution is 2.40. The third-order valence-electron chi connectivity index (χ3n) is 15.0. The molecule has 6 rings (SSSR count). The summed E-state index contributed by atoms with van der Waals surface area (Å²) in [7, 11) is -2.98. The summed E-state index contributed by atoms with van der Waals surface area (Å²) < 4.78 is 71.8. The fourth-order valence-corrected chi connectivity index (χ4v) is 12.3. The molecule has 3 aliphatic heterocycles. The van der Waals surface area contributed by atoms with E-state index in [-0.39, 0.29) is 17.3 Å². The van der Waals surface area contributed by atoms with Crippen LogP contribution in [0.1, 0.15) is 168 Å². The predicted molar refractivity (Wildman–Crippen MR) is 267 cm³/mol. The van der Waals surface area contributed by atoms with E-state index in [1.807, 2.05) is 0 Å². The Balaban J connectivity index is 0.944. The Morgan fingerprint density at radius 3 is 1.61 bits per heavy atom. The molecule has 9 nitrogen and oxygen atoms in total. The van der Waals surface area contributed by atoms with Gasteiger partial charge in [0.1, 0.15) is 15.5 Å². The lowest BCUT2D eigenvalue weighted by Gasteiger charge is -2.46. The highest BCUT2D eigenvalue weighted by molar-refractivity contribution is 7.91. The molecule has 0 radical (unpaired) electrons. The van der Waals surface area contributed by atoms with E-state index in [0.29, 0.717) is 47.5 Å². The third-order valence-corrected chi connectivity index (χ3v) is 16.8. The van der Waals surface area contributed by atoms with Gasteiger partial charge in [-0.05, 0) is 82.1 Å². The molecule has 0 spiro atoms. The normalized spacial score (nSPS) is 17.6. The van der Waals surface area contributed by atoms with Crippen LogP contribution in [0.2, 0.25) is 0 Å². The highest BCUT2D eigenvalue weighted by Gasteiger charge is 2.35. The Hall–Kier alpha value is -3.06. The minimum Gasteiger partial charge on any atom is -0.497 e. The van der Waals surface area contributed by atoms with E-state index in [4.69, 9.17) is 9.47 Å². The largest absolute Gasteiger partial charge is 0.497 e. The standard InChI is InChI=1S/C54H85F2N5O4S/c1-4-6-7-8-9-10-11-12-13-14-15-16-17-18-19-20-21-22-23-24-41-65-49-27-28-50(53(56)52(49)55)66(62,63)51-43-57-48-26-25-46(64-3)42-47(48)54(51)61-35-31-45(32-36-61)60-39-37-59(38-40-60)44-29-33-58(5-2)34-30-44/h25-28,42-45H,4-24,29-41H2,1-3H3. The number of hydrogen-bond donors (Lipinski definition) is 0. The lowest BCUT2D eigenvalue weighted by atomic mass is 9.99. The van der Waals surface area contributed by atoms with Crippen molar-refractivity contribution in [3.05, 3.63) is 48.2 Å². The molecule has 0 amide bonds. The SMILES string of the molecule is CCCCCCCCCCCCCCCCCCCCCCOc1ccc(S(=O)(=O)c2cnc3ccc(OC)cc3c2N2CCC(N3CCN(C4CCN(CC)CC4)CC3)CC2)c(F)c1F. The molecule has 0 unspecified atom stereocenters. The molecule has 0 bridgehead atoms. The number of piperazine rings is 1. The Morgan fingerprint density at radius 2 is 1.11 bits per heavy atom. The number of sulfone groups is 1. The third kappa shape index (κ3) is 15.0. The molecule has 0 saturated carbocycles. The van der Waals surface area contributed by atoms with Crippen LogP contribution in [0.3, 0.4) is 0 Å². The van der Waals surface area contributed by atoms with Crippen LogP contribution in [-0.4, -0.2) is 113 Å². The number of piperidine rings is 2. The van der Waals surface area contributed by atoms with Crippen LogP contribution in [0.15, 0.2) is 46.3 Å². The van der Waals surface area contributed by atoms with Crippen LogP contribution < -0.4 is 14.4 Å². The van der Waals surface area contributed by atoms with Crippen LogP contribution in [0, 0.1) is 11.6 Å². The lowest BCUT2D eigenvalue weighted by molar-refractivity contribution is 0.0384. The number of methoxy groups -OCH3 is 1. The topological polar surface area (TPSA) is 78.4 Å². The summed E-state index contributed by atoms with van der Waals surface area (Å²) in [6, 6.07) is 8.85. The summed E-state index contributed by atoms with van der Waals surface area (Å²) in [6.45, 7) is 13.8. The van der Waals surface area contributed by atoms with Crippen molar-refractivity contribution in [1.29, 1.82) is 0 Å². The van der Waals surface area contributed by atoms with Crippen LogP contribution in [0.25, 0.3) is 10.9 Å². The fourth-order valence-electron chi connectivity index (χ4n) is 10.8. The van der Waals surface area contributed by atoms with Crippen molar-refractivity contribution < 1.29 is 26.7 Å². The first-order valence-corrected chi connectivity index (χ1v) is 28.0. The van der Waals surface area contributed by atoms with E-state index < -0.39 is 26.4 Å². The van der Waals surface area contributed by atoms with E-state index in [2.05, 4.69) is 38.4 Å². The quantitative estimate of drug-likeness (QED) is 0.0632. The zero-order chi connectivity index (χ0) is 46.6. The maximum absolute atomic E-state index is 15.9.